The molecule has 0 fully saturated rings. The average Bonchev–Trinajstić information content (AvgIpc) is 2.61. The zero-order valence-electron chi connectivity index (χ0n) is 6.55. The van der Waals surface area contributed by atoms with Crippen LogP contribution in [0.5, 0.6) is 0 Å². The second-order valence-electron chi connectivity index (χ2n) is 2.43. The number of nitrogen functional groups attached to an aromatic ring is 1. The first-order chi connectivity index (χ1) is 6.27. The summed E-state index contributed by atoms with van der Waals surface area (Å²) in [5, 5.41) is 7.84. The van der Waals surface area contributed by atoms with Crippen molar-refractivity contribution in [3.63, 3.8) is 0 Å². The lowest BCUT2D eigenvalue weighted by Gasteiger charge is -2.03. The van der Waals surface area contributed by atoms with Crippen molar-refractivity contribution in [2.75, 3.05) is 5.73 Å². The lowest BCUT2D eigenvalue weighted by atomic mass is 10.4. The van der Waals surface area contributed by atoms with E-state index >= 15 is 0 Å². The summed E-state index contributed by atoms with van der Waals surface area (Å²) >= 11 is 5.76. The first-order valence-corrected chi connectivity index (χ1v) is 3.91. The molecule has 0 atom stereocenters. The van der Waals surface area contributed by atoms with E-state index in [-0.39, 0.29) is 0 Å². The summed E-state index contributed by atoms with van der Waals surface area (Å²) in [6, 6.07) is 1.70. The number of hydrogen-bond acceptors (Lipinski definition) is 4. The number of hydrogen-bond donors (Lipinski definition) is 1. The molecule has 0 spiro atoms. The highest BCUT2D eigenvalue weighted by atomic mass is 35.5. The van der Waals surface area contributed by atoms with Crippen LogP contribution in [0.4, 0.5) is 5.82 Å². The van der Waals surface area contributed by atoms with Gasteiger partial charge in [0, 0.05) is 6.20 Å². The van der Waals surface area contributed by atoms with E-state index in [2.05, 4.69) is 15.2 Å². The summed E-state index contributed by atoms with van der Waals surface area (Å²) in [7, 11) is 0. The van der Waals surface area contributed by atoms with E-state index in [1.807, 2.05) is 0 Å². The Morgan fingerprint density at radius 2 is 2.00 bits per heavy atom. The molecule has 0 unspecified atom stereocenters. The summed E-state index contributed by atoms with van der Waals surface area (Å²) in [5.41, 5.74) is 6.31. The van der Waals surface area contributed by atoms with Crippen molar-refractivity contribution in [1.29, 1.82) is 0 Å². The Hall–Kier alpha value is -1.62. The van der Waals surface area contributed by atoms with Gasteiger partial charge in [-0.1, -0.05) is 11.6 Å². The zero-order chi connectivity index (χ0) is 9.26. The van der Waals surface area contributed by atoms with E-state index in [0.29, 0.717) is 16.5 Å². The highest BCUT2D eigenvalue weighted by molar-refractivity contribution is 6.30. The summed E-state index contributed by atoms with van der Waals surface area (Å²) in [6.45, 7) is 0. The Bertz CT molecular complexity index is 411. The van der Waals surface area contributed by atoms with Crippen molar-refractivity contribution in [3.8, 4) is 5.69 Å². The van der Waals surface area contributed by atoms with Crippen LogP contribution < -0.4 is 5.73 Å². The van der Waals surface area contributed by atoms with Gasteiger partial charge in [-0.3, -0.25) is 4.57 Å². The predicted molar refractivity (Wildman–Crippen MR) is 48.6 cm³/mol. The van der Waals surface area contributed by atoms with Gasteiger partial charge in [0.1, 0.15) is 18.5 Å². The number of nitrogens with two attached hydrogens (primary N) is 1. The Balaban J connectivity index is 2.57. The zero-order valence-corrected chi connectivity index (χ0v) is 7.31. The number of aromatic nitrogens is 4. The monoisotopic (exact) mass is 195 g/mol. The highest BCUT2D eigenvalue weighted by Gasteiger charge is 2.03. The second kappa shape index (κ2) is 3.02. The van der Waals surface area contributed by atoms with E-state index in [4.69, 9.17) is 17.3 Å². The van der Waals surface area contributed by atoms with Gasteiger partial charge in [-0.05, 0) is 6.07 Å². The summed E-state index contributed by atoms with van der Waals surface area (Å²) < 4.78 is 1.65. The molecule has 2 N–H and O–H groups in total. The number of halogens is 1. The third kappa shape index (κ3) is 1.46. The van der Waals surface area contributed by atoms with Gasteiger partial charge in [-0.15, -0.1) is 10.2 Å². The van der Waals surface area contributed by atoms with Gasteiger partial charge >= 0.3 is 0 Å². The Morgan fingerprint density at radius 1 is 1.31 bits per heavy atom. The molecule has 2 heterocycles. The molecule has 0 aliphatic heterocycles. The van der Waals surface area contributed by atoms with Crippen LogP contribution in [0.1, 0.15) is 0 Å². The molecule has 0 aromatic carbocycles. The van der Waals surface area contributed by atoms with E-state index in [9.17, 15) is 0 Å². The van der Waals surface area contributed by atoms with Crippen molar-refractivity contribution >= 4 is 17.4 Å². The fraction of sp³-hybridized carbons (Fsp3) is 0. The molecule has 2 aromatic rings. The third-order valence-electron chi connectivity index (χ3n) is 1.56. The summed E-state index contributed by atoms with van der Waals surface area (Å²) in [4.78, 5) is 3.90. The van der Waals surface area contributed by atoms with Crippen molar-refractivity contribution < 1.29 is 0 Å². The molecule has 66 valence electrons. The molecular weight excluding hydrogens is 190 g/mol. The van der Waals surface area contributed by atoms with Crippen molar-refractivity contribution in [3.05, 3.63) is 29.9 Å². The normalized spacial score (nSPS) is 10.2. The standard InChI is InChI=1S/C7H6ClN5/c8-5-1-6(7(9)10-2-5)13-3-11-12-4-13/h1-4H,(H2,9,10). The van der Waals surface area contributed by atoms with Gasteiger partial charge in [0.15, 0.2) is 0 Å². The molecule has 0 saturated carbocycles. The highest BCUT2D eigenvalue weighted by Crippen LogP contribution is 2.18. The molecule has 0 saturated heterocycles. The molecule has 0 aliphatic carbocycles. The van der Waals surface area contributed by atoms with Crippen molar-refractivity contribution in [1.82, 2.24) is 19.7 Å². The summed E-state index contributed by atoms with van der Waals surface area (Å²) in [6.07, 6.45) is 4.55. The first kappa shape index (κ1) is 8.00. The quantitative estimate of drug-likeness (QED) is 0.734. The fourth-order valence-corrected chi connectivity index (χ4v) is 1.12. The first-order valence-electron chi connectivity index (χ1n) is 3.53. The van der Waals surface area contributed by atoms with Gasteiger partial charge in [-0.25, -0.2) is 4.98 Å². The molecule has 0 bridgehead atoms. The maximum absolute atomic E-state index is 5.76. The van der Waals surface area contributed by atoms with Crippen LogP contribution in [-0.2, 0) is 0 Å². The van der Waals surface area contributed by atoms with Crippen LogP contribution in [0, 0.1) is 0 Å². The smallest absolute Gasteiger partial charge is 0.147 e. The molecule has 5 nitrogen and oxygen atoms in total. The van der Waals surface area contributed by atoms with Crippen LogP contribution in [0.3, 0.4) is 0 Å². The number of rotatable bonds is 1. The maximum Gasteiger partial charge on any atom is 0.147 e. The van der Waals surface area contributed by atoms with Gasteiger partial charge in [-0.2, -0.15) is 0 Å². The number of nitrogens with zero attached hydrogens (tertiary/aromatic N) is 4. The maximum atomic E-state index is 5.76. The van der Waals surface area contributed by atoms with Gasteiger partial charge in [0.25, 0.3) is 0 Å². The molecule has 0 radical (unpaired) electrons. The van der Waals surface area contributed by atoms with Crippen molar-refractivity contribution in [2.24, 2.45) is 0 Å². The van der Waals surface area contributed by atoms with Crippen LogP contribution in [0.2, 0.25) is 5.02 Å². The Kier molecular flexibility index (Phi) is 1.86. The number of pyridine rings is 1. The molecule has 6 heteroatoms. The number of anilines is 1. The second-order valence-corrected chi connectivity index (χ2v) is 2.86. The SMILES string of the molecule is Nc1ncc(Cl)cc1-n1cnnc1. The van der Waals surface area contributed by atoms with Gasteiger partial charge in [0.2, 0.25) is 0 Å². The van der Waals surface area contributed by atoms with E-state index in [1.165, 1.54) is 18.9 Å². The van der Waals surface area contributed by atoms with E-state index < -0.39 is 0 Å². The van der Waals surface area contributed by atoms with Gasteiger partial charge < -0.3 is 5.73 Å². The van der Waals surface area contributed by atoms with Crippen LogP contribution in [0.15, 0.2) is 24.9 Å². The van der Waals surface area contributed by atoms with Gasteiger partial charge in [0.05, 0.1) is 10.7 Å². The molecule has 2 aromatic heterocycles. The van der Waals surface area contributed by atoms with Crippen molar-refractivity contribution in [2.45, 2.75) is 0 Å². The van der Waals surface area contributed by atoms with E-state index in [0.717, 1.165) is 0 Å². The lowest BCUT2D eigenvalue weighted by Crippen LogP contribution is -1.99. The fourth-order valence-electron chi connectivity index (χ4n) is 0.971. The van der Waals surface area contributed by atoms with E-state index in [1.54, 1.807) is 10.6 Å². The average molecular weight is 196 g/mol. The van der Waals surface area contributed by atoms with Crippen LogP contribution in [0.25, 0.3) is 5.69 Å². The minimum atomic E-state index is 0.393. The molecule has 13 heavy (non-hydrogen) atoms. The Morgan fingerprint density at radius 3 is 2.69 bits per heavy atom. The lowest BCUT2D eigenvalue weighted by molar-refractivity contribution is 1.04. The summed E-state index contributed by atoms with van der Waals surface area (Å²) in [5.74, 6) is 0.393. The van der Waals surface area contributed by atoms with Crippen LogP contribution in [-0.4, -0.2) is 19.7 Å². The minimum absolute atomic E-state index is 0.393. The predicted octanol–water partition coefficient (Wildman–Crippen LogP) is 0.898. The topological polar surface area (TPSA) is 69.6 Å². The molecule has 0 aliphatic rings. The largest absolute Gasteiger partial charge is 0.382 e. The molecule has 2 rings (SSSR count). The van der Waals surface area contributed by atoms with Crippen LogP contribution >= 0.6 is 11.6 Å². The molecule has 0 amide bonds. The minimum Gasteiger partial charge on any atom is -0.382 e. The molecular formula is C7H6ClN5. The third-order valence-corrected chi connectivity index (χ3v) is 1.77. The Labute approximate surface area is 79.2 Å².